The molecule has 3 aromatic rings. The van der Waals surface area contributed by atoms with E-state index in [9.17, 15) is 22.8 Å². The fourth-order valence-corrected chi connectivity index (χ4v) is 4.07. The van der Waals surface area contributed by atoms with Crippen molar-refractivity contribution >= 4 is 23.5 Å². The number of carbonyl (C=O) groups excluding carboxylic acids is 2. The van der Waals surface area contributed by atoms with Crippen LogP contribution in [0.1, 0.15) is 49.5 Å². The second-order valence-electron chi connectivity index (χ2n) is 9.77. The molecule has 0 unspecified atom stereocenters. The number of hydrogen-bond acceptors (Lipinski definition) is 5. The van der Waals surface area contributed by atoms with Gasteiger partial charge in [-0.05, 0) is 80.6 Å². The van der Waals surface area contributed by atoms with E-state index in [4.69, 9.17) is 25.8 Å². The van der Waals surface area contributed by atoms with E-state index in [1.165, 1.54) is 18.2 Å². The van der Waals surface area contributed by atoms with Crippen molar-refractivity contribution in [3.63, 3.8) is 0 Å². The summed E-state index contributed by atoms with van der Waals surface area (Å²) in [4.78, 5) is 24.8. The smallest absolute Gasteiger partial charge is 0.389 e. The Morgan fingerprint density at radius 1 is 0.927 bits per heavy atom. The third kappa shape index (κ3) is 10.0. The van der Waals surface area contributed by atoms with Crippen LogP contribution in [-0.4, -0.2) is 43.4 Å². The van der Waals surface area contributed by atoms with Crippen molar-refractivity contribution in [2.45, 2.75) is 51.8 Å². The molecule has 0 bridgehead atoms. The lowest BCUT2D eigenvalue weighted by Gasteiger charge is -2.24. The predicted octanol–water partition coefficient (Wildman–Crippen LogP) is 7.42. The van der Waals surface area contributed by atoms with Crippen LogP contribution >= 0.6 is 11.6 Å². The summed E-state index contributed by atoms with van der Waals surface area (Å²) in [5, 5.41) is 3.13. The Kier molecular flexibility index (Phi) is 11.1. The average Bonchev–Trinajstić information content (AvgIpc) is 2.92. The van der Waals surface area contributed by atoms with Gasteiger partial charge >= 0.3 is 12.1 Å². The molecule has 0 saturated heterocycles. The van der Waals surface area contributed by atoms with Crippen LogP contribution < -0.4 is 14.8 Å². The topological polar surface area (TPSA) is 73.9 Å². The molecule has 1 N–H and O–H groups in total. The summed E-state index contributed by atoms with van der Waals surface area (Å²) in [7, 11) is 0. The second kappa shape index (κ2) is 14.3. The maximum absolute atomic E-state index is 12.8. The molecule has 0 aliphatic heterocycles. The average molecular weight is 592 g/mol. The minimum atomic E-state index is -4.26. The first-order chi connectivity index (χ1) is 19.4. The van der Waals surface area contributed by atoms with Gasteiger partial charge in [-0.15, -0.1) is 0 Å². The number of alkyl halides is 3. The van der Waals surface area contributed by atoms with E-state index >= 15 is 0 Å². The summed E-state index contributed by atoms with van der Waals surface area (Å²) in [5.74, 6) is -0.131. The first kappa shape index (κ1) is 31.8. The number of carbonyl (C=O) groups is 2. The van der Waals surface area contributed by atoms with Crippen LogP contribution in [0, 0.1) is 0 Å². The number of halogens is 4. The maximum atomic E-state index is 12.8. The summed E-state index contributed by atoms with van der Waals surface area (Å²) >= 11 is 6.03. The fraction of sp³-hybridized carbons (Fsp3) is 0.355. The number of esters is 1. The normalized spacial score (nSPS) is 11.6. The van der Waals surface area contributed by atoms with Crippen LogP contribution in [-0.2, 0) is 16.0 Å². The van der Waals surface area contributed by atoms with Gasteiger partial charge in [-0.3, -0.25) is 4.79 Å². The van der Waals surface area contributed by atoms with Crippen molar-refractivity contribution in [1.82, 2.24) is 5.32 Å². The fourth-order valence-electron chi connectivity index (χ4n) is 3.90. The zero-order chi connectivity index (χ0) is 30.0. The summed E-state index contributed by atoms with van der Waals surface area (Å²) in [6.07, 6.45) is -4.87. The highest BCUT2D eigenvalue weighted by Gasteiger charge is 2.31. The number of ether oxygens (including phenoxy) is 3. The molecule has 0 aliphatic rings. The molecule has 3 aromatic carbocycles. The van der Waals surface area contributed by atoms with Crippen LogP contribution in [0.2, 0.25) is 5.02 Å². The molecule has 0 aromatic heterocycles. The lowest BCUT2D eigenvalue weighted by Crippen LogP contribution is -2.39. The Balaban J connectivity index is 1.53. The quantitative estimate of drug-likeness (QED) is 0.165. The molecule has 0 fully saturated rings. The van der Waals surface area contributed by atoms with Gasteiger partial charge in [-0.2, -0.15) is 13.2 Å². The summed E-state index contributed by atoms with van der Waals surface area (Å²) in [6.45, 7) is 5.50. The van der Waals surface area contributed by atoms with Gasteiger partial charge in [0.25, 0.3) is 5.91 Å². The Labute approximate surface area is 242 Å². The number of amides is 1. The zero-order valence-electron chi connectivity index (χ0n) is 23.1. The zero-order valence-corrected chi connectivity index (χ0v) is 23.9. The summed E-state index contributed by atoms with van der Waals surface area (Å²) < 4.78 is 53.4. The molecule has 0 spiro atoms. The standard InChI is InChI=1S/C31H33ClF3NO5/c1-4-39-29(38)30(2,3)41-25-13-10-23(11-14-25)22-8-6-21(7-9-22)16-18-36-28(37)26-20-24(32)12-15-27(26)40-19-5-17-31(33,34)35/h6-15,20H,4-5,16-19H2,1-3H3,(H,36,37). The molecule has 6 nitrogen and oxygen atoms in total. The molecule has 1 amide bonds. The van der Waals surface area contributed by atoms with Crippen molar-refractivity contribution < 1.29 is 37.0 Å². The van der Waals surface area contributed by atoms with Gasteiger partial charge in [-0.25, -0.2) is 4.79 Å². The van der Waals surface area contributed by atoms with Gasteiger partial charge in [0.15, 0.2) is 5.60 Å². The maximum Gasteiger partial charge on any atom is 0.389 e. The summed E-state index contributed by atoms with van der Waals surface area (Å²) in [6, 6.07) is 19.7. The molecule has 220 valence electrons. The molecule has 41 heavy (non-hydrogen) atoms. The molecule has 0 radical (unpaired) electrons. The van der Waals surface area contributed by atoms with Gasteiger partial charge in [0.2, 0.25) is 0 Å². The number of hydrogen-bond donors (Lipinski definition) is 1. The Morgan fingerprint density at radius 2 is 1.56 bits per heavy atom. The summed E-state index contributed by atoms with van der Waals surface area (Å²) in [5.41, 5.74) is 2.01. The van der Waals surface area contributed by atoms with Crippen LogP contribution in [0.4, 0.5) is 13.2 Å². The third-order valence-electron chi connectivity index (χ3n) is 6.03. The highest BCUT2D eigenvalue weighted by Crippen LogP contribution is 2.27. The lowest BCUT2D eigenvalue weighted by molar-refractivity contribution is -0.158. The van der Waals surface area contributed by atoms with E-state index < -0.39 is 30.1 Å². The highest BCUT2D eigenvalue weighted by atomic mass is 35.5. The first-order valence-corrected chi connectivity index (χ1v) is 13.6. The molecule has 0 aliphatic carbocycles. The number of rotatable bonds is 13. The van der Waals surface area contributed by atoms with Gasteiger partial charge in [0, 0.05) is 18.0 Å². The molecule has 10 heteroatoms. The SMILES string of the molecule is CCOC(=O)C(C)(C)Oc1ccc(-c2ccc(CCNC(=O)c3cc(Cl)ccc3OCCCC(F)(F)F)cc2)cc1. The molecule has 3 rings (SSSR count). The Hall–Kier alpha value is -3.72. The minimum Gasteiger partial charge on any atom is -0.493 e. The molecular weight excluding hydrogens is 559 g/mol. The van der Waals surface area contributed by atoms with Crippen molar-refractivity contribution in [2.75, 3.05) is 19.8 Å². The molecule has 0 saturated carbocycles. The van der Waals surface area contributed by atoms with Crippen molar-refractivity contribution in [1.29, 1.82) is 0 Å². The van der Waals surface area contributed by atoms with Crippen LogP contribution in [0.5, 0.6) is 11.5 Å². The van der Waals surface area contributed by atoms with Crippen molar-refractivity contribution in [2.24, 2.45) is 0 Å². The number of nitrogens with one attached hydrogen (secondary N) is 1. The van der Waals surface area contributed by atoms with Gasteiger partial charge in [0.05, 0.1) is 18.8 Å². The Morgan fingerprint density at radius 3 is 2.17 bits per heavy atom. The van der Waals surface area contributed by atoms with Crippen molar-refractivity contribution in [3.8, 4) is 22.6 Å². The lowest BCUT2D eigenvalue weighted by atomic mass is 10.0. The van der Waals surface area contributed by atoms with Crippen LogP contribution in [0.3, 0.4) is 0 Å². The molecular formula is C31H33ClF3NO5. The van der Waals surface area contributed by atoms with E-state index in [2.05, 4.69) is 5.32 Å². The van der Waals surface area contributed by atoms with Crippen molar-refractivity contribution in [3.05, 3.63) is 82.9 Å². The van der Waals surface area contributed by atoms with E-state index in [0.29, 0.717) is 23.7 Å². The van der Waals surface area contributed by atoms with E-state index in [0.717, 1.165) is 16.7 Å². The predicted molar refractivity (Wildman–Crippen MR) is 151 cm³/mol. The number of benzene rings is 3. The molecule has 0 heterocycles. The minimum absolute atomic E-state index is 0.165. The second-order valence-corrected chi connectivity index (χ2v) is 10.2. The molecule has 0 atom stereocenters. The van der Waals surface area contributed by atoms with E-state index in [1.54, 1.807) is 32.9 Å². The Bertz CT molecular complexity index is 1310. The van der Waals surface area contributed by atoms with Gasteiger partial charge < -0.3 is 19.5 Å². The largest absolute Gasteiger partial charge is 0.493 e. The van der Waals surface area contributed by atoms with E-state index in [-0.39, 0.29) is 30.9 Å². The highest BCUT2D eigenvalue weighted by molar-refractivity contribution is 6.31. The van der Waals surface area contributed by atoms with Gasteiger partial charge in [-0.1, -0.05) is 48.0 Å². The third-order valence-corrected chi connectivity index (χ3v) is 6.26. The monoisotopic (exact) mass is 591 g/mol. The van der Waals surface area contributed by atoms with Crippen LogP contribution in [0.25, 0.3) is 11.1 Å². The van der Waals surface area contributed by atoms with E-state index in [1.807, 2.05) is 36.4 Å². The van der Waals surface area contributed by atoms with Crippen LogP contribution in [0.15, 0.2) is 66.7 Å². The van der Waals surface area contributed by atoms with Gasteiger partial charge in [0.1, 0.15) is 11.5 Å². The first-order valence-electron chi connectivity index (χ1n) is 13.2.